The highest BCUT2D eigenvalue weighted by molar-refractivity contribution is 14.0. The molecule has 0 aliphatic heterocycles. The van der Waals surface area contributed by atoms with Crippen molar-refractivity contribution >= 4 is 29.9 Å². The molecule has 2 N–H and O–H groups in total. The van der Waals surface area contributed by atoms with Gasteiger partial charge in [0.15, 0.2) is 5.96 Å². The van der Waals surface area contributed by atoms with Crippen LogP contribution >= 0.6 is 24.0 Å². The van der Waals surface area contributed by atoms with Crippen molar-refractivity contribution in [1.29, 1.82) is 0 Å². The van der Waals surface area contributed by atoms with E-state index >= 15 is 0 Å². The van der Waals surface area contributed by atoms with Crippen LogP contribution < -0.4 is 10.6 Å². The molecule has 1 fully saturated rings. The second kappa shape index (κ2) is 11.3. The third-order valence-electron chi connectivity index (χ3n) is 5.12. The molecule has 1 aliphatic rings. The lowest BCUT2D eigenvalue weighted by atomic mass is 9.85. The summed E-state index contributed by atoms with van der Waals surface area (Å²) in [6, 6.07) is 2.72. The zero-order chi connectivity index (χ0) is 20.9. The van der Waals surface area contributed by atoms with E-state index in [2.05, 4.69) is 15.6 Å². The van der Waals surface area contributed by atoms with Crippen LogP contribution in [0.2, 0.25) is 0 Å². The molecule has 1 saturated carbocycles. The predicted octanol–water partition coefficient (Wildman–Crippen LogP) is 4.47. The molecule has 0 amide bonds. The maximum Gasteiger partial charge on any atom is 0.391 e. The summed E-state index contributed by atoms with van der Waals surface area (Å²) in [4.78, 5) is 5.72. The van der Waals surface area contributed by atoms with Crippen molar-refractivity contribution < 1.29 is 22.0 Å². The monoisotopic (exact) mass is 534 g/mol. The molecular weight excluding hydrogens is 506 g/mol. The van der Waals surface area contributed by atoms with Crippen molar-refractivity contribution in [2.24, 2.45) is 10.9 Å². The minimum atomic E-state index is -4.20. The molecule has 10 heteroatoms. The van der Waals surface area contributed by atoms with Gasteiger partial charge in [-0.05, 0) is 45.5 Å². The summed E-state index contributed by atoms with van der Waals surface area (Å²) in [5, 5.41) is 6.00. The van der Waals surface area contributed by atoms with Gasteiger partial charge in [0, 0.05) is 25.2 Å². The predicted molar refractivity (Wildman–Crippen MR) is 114 cm³/mol. The first-order chi connectivity index (χ1) is 13.1. The second-order valence-corrected chi connectivity index (χ2v) is 7.31. The first-order valence-corrected chi connectivity index (χ1v) is 9.27. The van der Waals surface area contributed by atoms with Gasteiger partial charge in [0.2, 0.25) is 0 Å². The van der Waals surface area contributed by atoms with Crippen LogP contribution in [0.15, 0.2) is 23.2 Å². The van der Waals surface area contributed by atoms with Gasteiger partial charge in [0.25, 0.3) is 0 Å². The Bertz CT molecular complexity index is 661. The van der Waals surface area contributed by atoms with E-state index < -0.39 is 29.8 Å². The third-order valence-corrected chi connectivity index (χ3v) is 5.12. The van der Waals surface area contributed by atoms with Gasteiger partial charge < -0.3 is 15.5 Å². The molecule has 1 aliphatic carbocycles. The van der Waals surface area contributed by atoms with Gasteiger partial charge in [0.05, 0.1) is 12.0 Å². The molecular formula is C19H28F5IN4. The number of rotatable bonds is 5. The number of likely N-dealkylation sites (N-methyl/N-ethyl adjacent to an activating group) is 1. The van der Waals surface area contributed by atoms with Gasteiger partial charge in [-0.25, -0.2) is 8.78 Å². The Balaban J connectivity index is 0.00000420. The molecule has 0 aromatic heterocycles. The Hall–Kier alpha value is -1.17. The van der Waals surface area contributed by atoms with E-state index in [4.69, 9.17) is 0 Å². The van der Waals surface area contributed by atoms with Gasteiger partial charge in [-0.15, -0.1) is 24.0 Å². The van der Waals surface area contributed by atoms with Crippen LogP contribution in [0.5, 0.6) is 0 Å². The van der Waals surface area contributed by atoms with E-state index in [0.29, 0.717) is 18.8 Å². The molecule has 0 saturated heterocycles. The molecule has 3 unspecified atom stereocenters. The number of nitrogens with zero attached hydrogens (tertiary/aromatic N) is 2. The fourth-order valence-electron chi connectivity index (χ4n) is 3.57. The molecule has 1 aromatic carbocycles. The second-order valence-electron chi connectivity index (χ2n) is 7.31. The number of hydrogen-bond acceptors (Lipinski definition) is 2. The van der Waals surface area contributed by atoms with Gasteiger partial charge in [-0.3, -0.25) is 4.99 Å². The van der Waals surface area contributed by atoms with Crippen molar-refractivity contribution in [3.63, 3.8) is 0 Å². The number of benzene rings is 1. The third kappa shape index (κ3) is 7.23. The van der Waals surface area contributed by atoms with Gasteiger partial charge in [-0.1, -0.05) is 12.5 Å². The summed E-state index contributed by atoms with van der Waals surface area (Å²) in [7, 11) is 4.90. The average Bonchev–Trinajstić information content (AvgIpc) is 2.62. The van der Waals surface area contributed by atoms with Crippen molar-refractivity contribution in [1.82, 2.24) is 15.5 Å². The molecule has 2 rings (SSSR count). The van der Waals surface area contributed by atoms with Crippen LogP contribution in [0.25, 0.3) is 0 Å². The van der Waals surface area contributed by atoms with E-state index in [9.17, 15) is 22.0 Å². The first kappa shape index (κ1) is 25.9. The lowest BCUT2D eigenvalue weighted by Gasteiger charge is -2.32. The normalized spacial score (nSPS) is 21.5. The molecule has 166 valence electrons. The van der Waals surface area contributed by atoms with Crippen molar-refractivity contribution in [2.75, 3.05) is 27.7 Å². The van der Waals surface area contributed by atoms with Crippen LogP contribution in [0, 0.1) is 17.6 Å². The summed E-state index contributed by atoms with van der Waals surface area (Å²) in [5.74, 6) is -2.30. The molecule has 0 heterocycles. The van der Waals surface area contributed by atoms with Gasteiger partial charge >= 0.3 is 6.18 Å². The van der Waals surface area contributed by atoms with E-state index in [1.807, 2.05) is 0 Å². The molecule has 0 radical (unpaired) electrons. The fourth-order valence-corrected chi connectivity index (χ4v) is 3.57. The van der Waals surface area contributed by atoms with Crippen LogP contribution in [0.1, 0.15) is 37.3 Å². The molecule has 0 bridgehead atoms. The summed E-state index contributed by atoms with van der Waals surface area (Å²) >= 11 is 0. The van der Waals surface area contributed by atoms with Crippen molar-refractivity contribution in [3.05, 3.63) is 35.4 Å². The summed E-state index contributed by atoms with van der Waals surface area (Å²) in [5.41, 5.74) is -0.0646. The van der Waals surface area contributed by atoms with Crippen LogP contribution in [0.3, 0.4) is 0 Å². The highest BCUT2D eigenvalue weighted by atomic mass is 127. The lowest BCUT2D eigenvalue weighted by Crippen LogP contribution is -2.48. The highest BCUT2D eigenvalue weighted by Gasteiger charge is 2.42. The Kier molecular flexibility index (Phi) is 10.1. The van der Waals surface area contributed by atoms with E-state index in [1.54, 1.807) is 19.0 Å². The maximum absolute atomic E-state index is 14.1. The van der Waals surface area contributed by atoms with E-state index in [1.165, 1.54) is 25.2 Å². The van der Waals surface area contributed by atoms with E-state index in [-0.39, 0.29) is 55.0 Å². The highest BCUT2D eigenvalue weighted by Crippen LogP contribution is 2.37. The van der Waals surface area contributed by atoms with Gasteiger partial charge in [-0.2, -0.15) is 13.2 Å². The molecule has 29 heavy (non-hydrogen) atoms. The number of halogens is 6. The number of nitrogens with one attached hydrogen (secondary N) is 2. The number of hydrogen-bond donors (Lipinski definition) is 2. The van der Waals surface area contributed by atoms with E-state index in [0.717, 1.165) is 0 Å². The smallest absolute Gasteiger partial charge is 0.354 e. The first-order valence-electron chi connectivity index (χ1n) is 9.27. The van der Waals surface area contributed by atoms with Crippen LogP contribution in [0.4, 0.5) is 22.0 Å². The standard InChI is InChI=1S/C19H27F5N4.HI/c1-25-18(27-13-7-4-6-12(10-13)19(22,23)24)26-11-16(28(2)3)17-14(20)8-5-9-15(17)21;/h5,8-9,12-13,16H,4,6-7,10-11H2,1-3H3,(H2,25,26,27);1H. The Morgan fingerprint density at radius 3 is 2.34 bits per heavy atom. The molecule has 1 aromatic rings. The quantitative estimate of drug-likeness (QED) is 0.254. The molecule has 4 nitrogen and oxygen atoms in total. The zero-order valence-corrected chi connectivity index (χ0v) is 19.0. The lowest BCUT2D eigenvalue weighted by molar-refractivity contribution is -0.183. The Morgan fingerprint density at radius 2 is 1.83 bits per heavy atom. The summed E-state index contributed by atoms with van der Waals surface area (Å²) < 4.78 is 67.3. The Labute approximate surface area is 185 Å². The van der Waals surface area contributed by atoms with Crippen molar-refractivity contribution in [2.45, 2.75) is 43.9 Å². The minimum absolute atomic E-state index is 0. The average molecular weight is 534 g/mol. The van der Waals surface area contributed by atoms with Crippen molar-refractivity contribution in [3.8, 4) is 0 Å². The SMILES string of the molecule is CN=C(NCC(c1c(F)cccc1F)N(C)C)NC1CCCC(C(F)(F)F)C1.I. The summed E-state index contributed by atoms with van der Waals surface area (Å²) in [6.45, 7) is 0.139. The van der Waals surface area contributed by atoms with Gasteiger partial charge in [0.1, 0.15) is 11.6 Å². The number of guanidine groups is 1. The Morgan fingerprint density at radius 1 is 1.21 bits per heavy atom. The fraction of sp³-hybridized carbons (Fsp3) is 0.632. The van der Waals surface area contributed by atoms with Crippen LogP contribution in [-0.4, -0.2) is 50.8 Å². The molecule has 0 spiro atoms. The summed E-state index contributed by atoms with van der Waals surface area (Å²) in [6.07, 6.45) is -2.96. The number of aliphatic imine (C=N–C) groups is 1. The minimum Gasteiger partial charge on any atom is -0.354 e. The molecule has 3 atom stereocenters. The number of alkyl halides is 3. The largest absolute Gasteiger partial charge is 0.391 e. The topological polar surface area (TPSA) is 39.7 Å². The zero-order valence-electron chi connectivity index (χ0n) is 16.7. The maximum atomic E-state index is 14.1. The van der Waals surface area contributed by atoms with Crippen LogP contribution in [-0.2, 0) is 0 Å².